The molecule has 1 N–H and O–H groups in total. The van der Waals surface area contributed by atoms with E-state index >= 15 is 0 Å². The predicted molar refractivity (Wildman–Crippen MR) is 92.6 cm³/mol. The number of benzene rings is 2. The lowest BCUT2D eigenvalue weighted by Crippen LogP contribution is -2.30. The molecule has 0 bridgehead atoms. The minimum atomic E-state index is -0.382. The highest BCUT2D eigenvalue weighted by atomic mass is 16.2. The summed E-state index contributed by atoms with van der Waals surface area (Å²) in [5.41, 5.74) is 2.43. The Morgan fingerprint density at radius 1 is 1.04 bits per heavy atom. The van der Waals surface area contributed by atoms with Gasteiger partial charge in [-0.2, -0.15) is 0 Å². The first-order valence-corrected chi connectivity index (χ1v) is 8.01. The smallest absolute Gasteiger partial charge is 0.324 e. The van der Waals surface area contributed by atoms with Gasteiger partial charge in [-0.05, 0) is 23.3 Å². The largest absolute Gasteiger partial charge is 0.337 e. The van der Waals surface area contributed by atoms with Gasteiger partial charge >= 0.3 is 6.03 Å². The molecule has 0 spiro atoms. The number of nitrogens with one attached hydrogen (secondary N) is 1. The molecule has 25 heavy (non-hydrogen) atoms. The minimum Gasteiger partial charge on any atom is -0.337 e. The van der Waals surface area contributed by atoms with Gasteiger partial charge in [-0.1, -0.05) is 42.5 Å². The lowest BCUT2D eigenvalue weighted by Gasteiger charge is -2.18. The lowest BCUT2D eigenvalue weighted by atomic mass is 10.1. The maximum Gasteiger partial charge on any atom is 0.324 e. The number of nitrogens with zero attached hydrogens (tertiary/aromatic N) is 2. The summed E-state index contributed by atoms with van der Waals surface area (Å²) >= 11 is 0. The van der Waals surface area contributed by atoms with Gasteiger partial charge in [0.25, 0.3) is 5.91 Å². The van der Waals surface area contributed by atoms with Crippen molar-refractivity contribution in [3.05, 3.63) is 71.3 Å². The third-order valence-electron chi connectivity index (χ3n) is 4.09. The van der Waals surface area contributed by atoms with E-state index in [0.29, 0.717) is 12.1 Å². The zero-order chi connectivity index (χ0) is 17.8. The van der Waals surface area contributed by atoms with E-state index in [-0.39, 0.29) is 30.9 Å². The maximum absolute atomic E-state index is 12.5. The number of urea groups is 1. The van der Waals surface area contributed by atoms with Crippen LogP contribution in [0.5, 0.6) is 0 Å². The monoisotopic (exact) mass is 337 g/mol. The van der Waals surface area contributed by atoms with E-state index in [1.165, 1.54) is 4.90 Å². The molecule has 0 aliphatic carbocycles. The molecule has 1 saturated heterocycles. The summed E-state index contributed by atoms with van der Waals surface area (Å²) in [5.74, 6) is -0.321. The summed E-state index contributed by atoms with van der Waals surface area (Å²) in [7, 11) is 1.76. The van der Waals surface area contributed by atoms with Crippen molar-refractivity contribution >= 4 is 17.8 Å². The molecular formula is C19H19N3O3. The van der Waals surface area contributed by atoms with Crippen molar-refractivity contribution in [3.63, 3.8) is 0 Å². The maximum atomic E-state index is 12.5. The molecule has 1 aliphatic rings. The van der Waals surface area contributed by atoms with E-state index < -0.39 is 0 Å². The standard InChI is InChI=1S/C19H19N3O3/c1-21(12-14-5-3-2-4-6-14)18(24)16-9-7-15(8-10-16)13-22-17(23)11-20-19(22)25/h2-10H,11-13H2,1H3,(H,20,25). The Labute approximate surface area is 146 Å². The van der Waals surface area contributed by atoms with Crippen molar-refractivity contribution in [2.45, 2.75) is 13.1 Å². The van der Waals surface area contributed by atoms with E-state index in [2.05, 4.69) is 5.32 Å². The van der Waals surface area contributed by atoms with Crippen molar-refractivity contribution in [2.24, 2.45) is 0 Å². The van der Waals surface area contributed by atoms with Gasteiger partial charge in [0.2, 0.25) is 5.91 Å². The molecule has 6 nitrogen and oxygen atoms in total. The minimum absolute atomic E-state index is 0.0414. The highest BCUT2D eigenvalue weighted by molar-refractivity contribution is 6.01. The molecule has 0 unspecified atom stereocenters. The Morgan fingerprint density at radius 3 is 2.32 bits per heavy atom. The van der Waals surface area contributed by atoms with Crippen molar-refractivity contribution in [1.29, 1.82) is 0 Å². The zero-order valence-electron chi connectivity index (χ0n) is 13.9. The average Bonchev–Trinajstić information content (AvgIpc) is 2.94. The molecule has 128 valence electrons. The number of imide groups is 1. The van der Waals surface area contributed by atoms with Gasteiger partial charge in [0.1, 0.15) is 0 Å². The Morgan fingerprint density at radius 2 is 1.72 bits per heavy atom. The van der Waals surface area contributed by atoms with Crippen LogP contribution in [-0.4, -0.2) is 41.2 Å². The van der Waals surface area contributed by atoms with Crippen LogP contribution >= 0.6 is 0 Å². The van der Waals surface area contributed by atoms with Gasteiger partial charge in [0.05, 0.1) is 13.1 Å². The van der Waals surface area contributed by atoms with E-state index in [1.54, 1.807) is 36.2 Å². The van der Waals surface area contributed by atoms with Crippen LogP contribution in [0.2, 0.25) is 0 Å². The number of amides is 4. The SMILES string of the molecule is CN(Cc1ccccc1)C(=O)c1ccc(CN2C(=O)CNC2=O)cc1. The van der Waals surface area contributed by atoms with Crippen LogP contribution in [-0.2, 0) is 17.9 Å². The summed E-state index contributed by atoms with van der Waals surface area (Å²) in [6.07, 6.45) is 0. The van der Waals surface area contributed by atoms with E-state index in [4.69, 9.17) is 0 Å². The molecule has 0 aromatic heterocycles. The number of hydrogen-bond donors (Lipinski definition) is 1. The fourth-order valence-electron chi connectivity index (χ4n) is 2.70. The summed E-state index contributed by atoms with van der Waals surface area (Å²) in [4.78, 5) is 38.5. The molecule has 3 rings (SSSR count). The van der Waals surface area contributed by atoms with Gasteiger partial charge in [-0.25, -0.2) is 4.79 Å². The second-order valence-corrected chi connectivity index (χ2v) is 5.98. The Hall–Kier alpha value is -3.15. The van der Waals surface area contributed by atoms with Crippen LogP contribution in [0.15, 0.2) is 54.6 Å². The summed E-state index contributed by atoms with van der Waals surface area (Å²) < 4.78 is 0. The fraction of sp³-hybridized carbons (Fsp3) is 0.211. The first-order valence-electron chi connectivity index (χ1n) is 8.01. The Balaban J connectivity index is 1.64. The third-order valence-corrected chi connectivity index (χ3v) is 4.09. The van der Waals surface area contributed by atoms with Gasteiger partial charge in [0, 0.05) is 19.2 Å². The van der Waals surface area contributed by atoms with Crippen LogP contribution in [0.3, 0.4) is 0 Å². The van der Waals surface area contributed by atoms with E-state index in [1.807, 2.05) is 30.3 Å². The first-order chi connectivity index (χ1) is 12.0. The van der Waals surface area contributed by atoms with E-state index in [0.717, 1.165) is 11.1 Å². The first kappa shape index (κ1) is 16.7. The lowest BCUT2D eigenvalue weighted by molar-refractivity contribution is -0.125. The highest BCUT2D eigenvalue weighted by Gasteiger charge is 2.28. The second-order valence-electron chi connectivity index (χ2n) is 5.98. The van der Waals surface area contributed by atoms with Gasteiger partial charge in [-0.3, -0.25) is 14.5 Å². The van der Waals surface area contributed by atoms with Crippen LogP contribution < -0.4 is 5.32 Å². The molecule has 0 atom stereocenters. The Bertz CT molecular complexity index is 771. The van der Waals surface area contributed by atoms with Crippen molar-refractivity contribution in [2.75, 3.05) is 13.6 Å². The predicted octanol–water partition coefficient (Wildman–Crippen LogP) is 2.01. The highest BCUT2D eigenvalue weighted by Crippen LogP contribution is 2.13. The van der Waals surface area contributed by atoms with Crippen LogP contribution in [0.1, 0.15) is 21.5 Å². The van der Waals surface area contributed by atoms with Crippen molar-refractivity contribution in [3.8, 4) is 0 Å². The van der Waals surface area contributed by atoms with Gasteiger partial charge in [-0.15, -0.1) is 0 Å². The normalized spacial score (nSPS) is 13.7. The molecule has 2 aromatic rings. The number of carbonyl (C=O) groups is 3. The summed E-state index contributed by atoms with van der Waals surface area (Å²) in [5, 5.41) is 2.48. The molecule has 1 aliphatic heterocycles. The fourth-order valence-corrected chi connectivity index (χ4v) is 2.70. The Kier molecular flexibility index (Phi) is 4.79. The molecule has 0 radical (unpaired) electrons. The molecule has 1 heterocycles. The average molecular weight is 337 g/mol. The molecule has 2 aromatic carbocycles. The molecule has 0 saturated carbocycles. The summed E-state index contributed by atoms with van der Waals surface area (Å²) in [6, 6.07) is 16.4. The quantitative estimate of drug-likeness (QED) is 0.849. The molecule has 4 amide bonds. The third kappa shape index (κ3) is 3.85. The number of hydrogen-bond acceptors (Lipinski definition) is 3. The van der Waals surface area contributed by atoms with E-state index in [9.17, 15) is 14.4 Å². The number of rotatable bonds is 5. The summed E-state index contributed by atoms with van der Waals surface area (Å²) in [6.45, 7) is 0.780. The van der Waals surface area contributed by atoms with Gasteiger partial charge in [0.15, 0.2) is 0 Å². The second kappa shape index (κ2) is 7.17. The van der Waals surface area contributed by atoms with Gasteiger partial charge < -0.3 is 10.2 Å². The molecular weight excluding hydrogens is 318 g/mol. The molecule has 6 heteroatoms. The molecule has 1 fully saturated rings. The van der Waals surface area contributed by atoms with Crippen LogP contribution in [0, 0.1) is 0 Å². The van der Waals surface area contributed by atoms with Crippen LogP contribution in [0.4, 0.5) is 4.79 Å². The topological polar surface area (TPSA) is 69.7 Å². The zero-order valence-corrected chi connectivity index (χ0v) is 13.9. The number of carbonyl (C=O) groups excluding carboxylic acids is 3. The van der Waals surface area contributed by atoms with Crippen molar-refractivity contribution < 1.29 is 14.4 Å². The van der Waals surface area contributed by atoms with Crippen LogP contribution in [0.25, 0.3) is 0 Å². The van der Waals surface area contributed by atoms with Crippen molar-refractivity contribution in [1.82, 2.24) is 15.1 Å².